The molecular formula is C47H56N6O3. The van der Waals surface area contributed by atoms with E-state index in [1.54, 1.807) is 4.90 Å². The predicted molar refractivity (Wildman–Crippen MR) is 220 cm³/mol. The summed E-state index contributed by atoms with van der Waals surface area (Å²) >= 11 is 0. The van der Waals surface area contributed by atoms with Crippen molar-refractivity contribution in [1.82, 2.24) is 30.2 Å². The number of benzene rings is 2. The van der Waals surface area contributed by atoms with Gasteiger partial charge in [0.15, 0.2) is 0 Å². The van der Waals surface area contributed by atoms with Crippen molar-refractivity contribution in [1.29, 1.82) is 0 Å². The minimum Gasteiger partial charge on any atom is -0.329 e. The second-order valence-corrected chi connectivity index (χ2v) is 16.5. The lowest BCUT2D eigenvalue weighted by molar-refractivity contribution is -0.142. The minimum absolute atomic E-state index is 0.0226. The number of likely N-dealkylation sites (tertiary alicyclic amines) is 2. The molecule has 2 fully saturated rings. The van der Waals surface area contributed by atoms with Crippen LogP contribution in [0.2, 0.25) is 0 Å². The first-order chi connectivity index (χ1) is 27.3. The van der Waals surface area contributed by atoms with Crippen LogP contribution in [-0.2, 0) is 27.2 Å². The summed E-state index contributed by atoms with van der Waals surface area (Å²) in [5.74, 6) is 6.75. The monoisotopic (exact) mass is 752 g/mol. The van der Waals surface area contributed by atoms with Crippen LogP contribution in [0.15, 0.2) is 95.4 Å². The normalized spacial score (nSPS) is 25.6. The molecule has 0 aromatic heterocycles. The fourth-order valence-electron chi connectivity index (χ4n) is 9.55. The SMILES string of the molecule is CN1CCc2ccccc2C1CN1CCCCC1C(=O)NC1=CC=C(C#CC2=CC=C(NC(=O)C3CCCN3C(=O)C3c4ccccc4CCN3C)CC2)CC1. The number of nitrogens with one attached hydrogen (secondary N) is 2. The number of amides is 3. The highest BCUT2D eigenvalue weighted by Gasteiger charge is 2.41. The van der Waals surface area contributed by atoms with Crippen LogP contribution in [0.1, 0.15) is 92.1 Å². The molecule has 4 aliphatic heterocycles. The summed E-state index contributed by atoms with van der Waals surface area (Å²) in [6.45, 7) is 4.30. The highest BCUT2D eigenvalue weighted by molar-refractivity contribution is 5.92. The molecule has 0 bridgehead atoms. The summed E-state index contributed by atoms with van der Waals surface area (Å²) in [5, 5.41) is 6.42. The molecule has 0 saturated carbocycles. The summed E-state index contributed by atoms with van der Waals surface area (Å²) in [5.41, 5.74) is 9.05. The van der Waals surface area contributed by atoms with E-state index >= 15 is 0 Å². The van der Waals surface area contributed by atoms with Crippen LogP contribution in [0, 0.1) is 11.8 Å². The van der Waals surface area contributed by atoms with Gasteiger partial charge in [0.2, 0.25) is 17.7 Å². The highest BCUT2D eigenvalue weighted by atomic mass is 16.2. The fourth-order valence-corrected chi connectivity index (χ4v) is 9.55. The Morgan fingerprint density at radius 3 is 1.88 bits per heavy atom. The molecule has 3 amide bonds. The molecule has 8 rings (SSSR count). The maximum Gasteiger partial charge on any atom is 0.246 e. The van der Waals surface area contributed by atoms with Crippen molar-refractivity contribution >= 4 is 17.7 Å². The molecule has 292 valence electrons. The van der Waals surface area contributed by atoms with Crippen molar-refractivity contribution in [3.63, 3.8) is 0 Å². The second-order valence-electron chi connectivity index (χ2n) is 16.5. The van der Waals surface area contributed by atoms with E-state index in [2.05, 4.69) is 80.6 Å². The zero-order valence-corrected chi connectivity index (χ0v) is 33.1. The first-order valence-electron chi connectivity index (χ1n) is 20.9. The Labute approximate surface area is 332 Å². The van der Waals surface area contributed by atoms with Gasteiger partial charge in [-0.25, -0.2) is 0 Å². The van der Waals surface area contributed by atoms with E-state index < -0.39 is 6.04 Å². The maximum atomic E-state index is 13.9. The molecule has 2 aliphatic carbocycles. The molecular weight excluding hydrogens is 697 g/mol. The number of rotatable bonds is 7. The third-order valence-corrected chi connectivity index (χ3v) is 12.9. The number of likely N-dealkylation sites (N-methyl/N-ethyl adjacent to an activating group) is 2. The lowest BCUT2D eigenvalue weighted by atomic mass is 9.91. The van der Waals surface area contributed by atoms with Crippen LogP contribution in [0.25, 0.3) is 0 Å². The number of carbonyl (C=O) groups is 3. The third kappa shape index (κ3) is 8.34. The van der Waals surface area contributed by atoms with Gasteiger partial charge in [-0.15, -0.1) is 0 Å². The largest absolute Gasteiger partial charge is 0.329 e. The lowest BCUT2D eigenvalue weighted by Gasteiger charge is -2.42. The number of nitrogens with zero attached hydrogens (tertiary/aromatic N) is 4. The fraction of sp³-hybridized carbons (Fsp3) is 0.468. The van der Waals surface area contributed by atoms with Gasteiger partial charge in [0.1, 0.15) is 12.1 Å². The van der Waals surface area contributed by atoms with Gasteiger partial charge in [-0.3, -0.25) is 29.1 Å². The summed E-state index contributed by atoms with van der Waals surface area (Å²) in [4.78, 5) is 49.9. The minimum atomic E-state index is -0.458. The van der Waals surface area contributed by atoms with Crippen LogP contribution >= 0.6 is 0 Å². The molecule has 2 aromatic rings. The van der Waals surface area contributed by atoms with Crippen LogP contribution in [0.3, 0.4) is 0 Å². The van der Waals surface area contributed by atoms with Gasteiger partial charge in [-0.2, -0.15) is 0 Å². The first kappa shape index (κ1) is 38.1. The van der Waals surface area contributed by atoms with Gasteiger partial charge in [0.25, 0.3) is 0 Å². The van der Waals surface area contributed by atoms with Gasteiger partial charge in [0, 0.05) is 54.8 Å². The molecule has 9 heteroatoms. The van der Waals surface area contributed by atoms with Gasteiger partial charge in [-0.05, 0) is 131 Å². The predicted octanol–water partition coefficient (Wildman–Crippen LogP) is 5.73. The average molecular weight is 753 g/mol. The Balaban J connectivity index is 0.845. The molecule has 9 nitrogen and oxygen atoms in total. The van der Waals surface area contributed by atoms with Crippen molar-refractivity contribution in [3.05, 3.63) is 118 Å². The number of hydrogen-bond acceptors (Lipinski definition) is 6. The second kappa shape index (κ2) is 17.2. The Morgan fingerprint density at radius 2 is 1.21 bits per heavy atom. The standard InChI is InChI=1S/C47H56N6O3/c1-50-30-26-35-10-3-5-12-39(35)43(50)32-52-28-8-7-14-41(52)45(54)48-37-22-18-33(19-23-37)16-17-34-20-24-38(25-21-34)49-46(55)42-15-9-29-53(42)47(56)44-40-13-6-4-11-36(40)27-31-51(44)2/h3-6,10-13,18,20,22,24,41-44H,7-9,14-15,19,21,23,25-32H2,1-2H3,(H,48,54)(H,49,55). The molecule has 4 unspecified atom stereocenters. The number of fused-ring (bicyclic) bond motifs is 2. The number of piperidine rings is 1. The van der Waals surface area contributed by atoms with Crippen molar-refractivity contribution in [3.8, 4) is 11.8 Å². The van der Waals surface area contributed by atoms with E-state index in [0.29, 0.717) is 25.4 Å². The third-order valence-electron chi connectivity index (χ3n) is 12.9. The smallest absolute Gasteiger partial charge is 0.246 e. The maximum absolute atomic E-state index is 13.9. The summed E-state index contributed by atoms with van der Waals surface area (Å²) in [7, 11) is 4.22. The summed E-state index contributed by atoms with van der Waals surface area (Å²) in [6, 6.07) is 16.4. The molecule has 56 heavy (non-hydrogen) atoms. The number of hydrogen-bond donors (Lipinski definition) is 2. The van der Waals surface area contributed by atoms with Crippen molar-refractivity contribution in [2.45, 2.75) is 94.8 Å². The van der Waals surface area contributed by atoms with E-state index in [4.69, 9.17) is 0 Å². The first-order valence-corrected chi connectivity index (χ1v) is 20.9. The van der Waals surface area contributed by atoms with Crippen LogP contribution < -0.4 is 10.6 Å². The van der Waals surface area contributed by atoms with Crippen LogP contribution in [0.4, 0.5) is 0 Å². The topological polar surface area (TPSA) is 88.2 Å². The quantitative estimate of drug-likeness (QED) is 0.352. The molecule has 4 heterocycles. The van der Waals surface area contributed by atoms with Crippen molar-refractivity contribution < 1.29 is 14.4 Å². The summed E-state index contributed by atoms with van der Waals surface area (Å²) in [6.07, 6.45) is 17.6. The average Bonchev–Trinajstić information content (AvgIpc) is 3.73. The molecule has 4 atom stereocenters. The van der Waals surface area contributed by atoms with Crippen molar-refractivity contribution in [2.75, 3.05) is 46.8 Å². The van der Waals surface area contributed by atoms with E-state index in [-0.39, 0.29) is 29.8 Å². The zero-order chi connectivity index (χ0) is 38.6. The molecule has 2 saturated heterocycles. The number of allylic oxidation sites excluding steroid dienone is 8. The Kier molecular flexibility index (Phi) is 11.7. The zero-order valence-electron chi connectivity index (χ0n) is 33.1. The molecule has 2 N–H and O–H groups in total. The lowest BCUT2D eigenvalue weighted by Crippen LogP contribution is -2.52. The molecule has 2 aromatic carbocycles. The molecule has 6 aliphatic rings. The van der Waals surface area contributed by atoms with Gasteiger partial charge in [-0.1, -0.05) is 66.8 Å². The molecule has 0 radical (unpaired) electrons. The van der Waals surface area contributed by atoms with Gasteiger partial charge in [0.05, 0.1) is 6.04 Å². The van der Waals surface area contributed by atoms with Crippen LogP contribution in [-0.4, -0.2) is 96.2 Å². The van der Waals surface area contributed by atoms with Crippen LogP contribution in [0.5, 0.6) is 0 Å². The number of carbonyl (C=O) groups excluding carboxylic acids is 3. The Hall–Kier alpha value is -4.75. The van der Waals surface area contributed by atoms with Gasteiger partial charge < -0.3 is 15.5 Å². The van der Waals surface area contributed by atoms with E-state index in [1.807, 2.05) is 43.5 Å². The highest BCUT2D eigenvalue weighted by Crippen LogP contribution is 2.34. The van der Waals surface area contributed by atoms with E-state index in [1.165, 1.54) is 16.7 Å². The van der Waals surface area contributed by atoms with Gasteiger partial charge >= 0.3 is 0 Å². The van der Waals surface area contributed by atoms with Crippen molar-refractivity contribution in [2.24, 2.45) is 0 Å². The molecule has 0 spiro atoms. The van der Waals surface area contributed by atoms with E-state index in [9.17, 15) is 14.4 Å². The Bertz CT molecular complexity index is 2030. The Morgan fingerprint density at radius 1 is 0.625 bits per heavy atom. The summed E-state index contributed by atoms with van der Waals surface area (Å²) < 4.78 is 0. The van der Waals surface area contributed by atoms with E-state index in [0.717, 1.165) is 112 Å².